The van der Waals surface area contributed by atoms with Crippen molar-refractivity contribution in [3.05, 3.63) is 11.6 Å². The van der Waals surface area contributed by atoms with Crippen molar-refractivity contribution in [2.45, 2.75) is 39.0 Å². The van der Waals surface area contributed by atoms with Gasteiger partial charge < -0.3 is 19.9 Å². The second-order valence-corrected chi connectivity index (χ2v) is 6.09. The number of carbonyl (C=O) groups is 3. The Kier molecular flexibility index (Phi) is 7.08. The predicted molar refractivity (Wildman–Crippen MR) is 89.4 cm³/mol. The van der Waals surface area contributed by atoms with Gasteiger partial charge in [-0.05, 0) is 39.0 Å². The molecule has 1 saturated heterocycles. The number of nitrogens with zero attached hydrogens (tertiary/aromatic N) is 2. The van der Waals surface area contributed by atoms with Crippen LogP contribution in [0.1, 0.15) is 39.0 Å². The van der Waals surface area contributed by atoms with Crippen LogP contribution in [0, 0.1) is 0 Å². The first kappa shape index (κ1) is 18.3. The van der Waals surface area contributed by atoms with Crippen LogP contribution in [0.3, 0.4) is 0 Å². The number of amides is 3. The minimum absolute atomic E-state index is 0.330. The van der Waals surface area contributed by atoms with Gasteiger partial charge in [-0.1, -0.05) is 11.6 Å². The fourth-order valence-corrected chi connectivity index (χ4v) is 2.99. The van der Waals surface area contributed by atoms with Gasteiger partial charge in [0.1, 0.15) is 0 Å². The molecule has 1 aliphatic heterocycles. The molecule has 1 aliphatic carbocycles. The van der Waals surface area contributed by atoms with Crippen LogP contribution in [-0.4, -0.2) is 67.0 Å². The number of hydrogen-bond acceptors (Lipinski definition) is 4. The summed E-state index contributed by atoms with van der Waals surface area (Å²) < 4.78 is 4.93. The molecule has 0 unspecified atom stereocenters. The van der Waals surface area contributed by atoms with Gasteiger partial charge >= 0.3 is 17.9 Å². The zero-order chi connectivity index (χ0) is 17.4. The monoisotopic (exact) mass is 337 g/mol. The van der Waals surface area contributed by atoms with Crippen LogP contribution in [0.25, 0.3) is 0 Å². The Morgan fingerprint density at radius 3 is 2.46 bits per heavy atom. The highest BCUT2D eigenvalue weighted by Gasteiger charge is 2.28. The summed E-state index contributed by atoms with van der Waals surface area (Å²) in [5.41, 5.74) is 1.37. The lowest BCUT2D eigenvalue weighted by atomic mass is 9.97. The third-order valence-corrected chi connectivity index (χ3v) is 4.40. The number of hydrogen-bond donors (Lipinski definition) is 1. The second kappa shape index (κ2) is 9.30. The molecule has 24 heavy (non-hydrogen) atoms. The van der Waals surface area contributed by atoms with Gasteiger partial charge in [-0.15, -0.1) is 0 Å². The summed E-state index contributed by atoms with van der Waals surface area (Å²) in [7, 11) is 0. The van der Waals surface area contributed by atoms with Crippen molar-refractivity contribution in [1.82, 2.24) is 15.1 Å². The zero-order valence-corrected chi connectivity index (χ0v) is 14.4. The van der Waals surface area contributed by atoms with Crippen LogP contribution in [0.5, 0.6) is 0 Å². The van der Waals surface area contributed by atoms with Gasteiger partial charge in [0.15, 0.2) is 0 Å². The van der Waals surface area contributed by atoms with Crippen molar-refractivity contribution in [2.24, 2.45) is 0 Å². The molecule has 0 aromatic rings. The Labute approximate surface area is 143 Å². The summed E-state index contributed by atoms with van der Waals surface area (Å²) in [5.74, 6) is -1.08. The number of allylic oxidation sites excluding steroid dienone is 1. The lowest BCUT2D eigenvalue weighted by Gasteiger charge is -2.33. The van der Waals surface area contributed by atoms with Crippen LogP contribution in [0.15, 0.2) is 11.6 Å². The normalized spacial score (nSPS) is 18.0. The van der Waals surface area contributed by atoms with E-state index in [0.717, 1.165) is 19.3 Å². The predicted octanol–water partition coefficient (Wildman–Crippen LogP) is 1.29. The highest BCUT2D eigenvalue weighted by molar-refractivity contribution is 6.35. The fourth-order valence-electron chi connectivity index (χ4n) is 2.99. The molecular weight excluding hydrogens is 310 g/mol. The lowest BCUT2D eigenvalue weighted by molar-refractivity contribution is -0.146. The van der Waals surface area contributed by atoms with Gasteiger partial charge in [0.25, 0.3) is 0 Å². The number of carbonyl (C=O) groups excluding carboxylic acids is 3. The zero-order valence-electron chi connectivity index (χ0n) is 14.4. The molecule has 0 saturated carbocycles. The van der Waals surface area contributed by atoms with Crippen LogP contribution >= 0.6 is 0 Å². The first-order chi connectivity index (χ1) is 11.6. The van der Waals surface area contributed by atoms with Gasteiger partial charge in [-0.3, -0.25) is 9.59 Å². The number of piperazine rings is 1. The van der Waals surface area contributed by atoms with Crippen LogP contribution in [0.2, 0.25) is 0 Å². The molecule has 7 nitrogen and oxygen atoms in total. The van der Waals surface area contributed by atoms with Crippen molar-refractivity contribution >= 4 is 17.9 Å². The van der Waals surface area contributed by atoms with E-state index in [1.807, 2.05) is 0 Å². The van der Waals surface area contributed by atoms with Crippen LogP contribution in [0.4, 0.5) is 4.79 Å². The third-order valence-electron chi connectivity index (χ3n) is 4.40. The summed E-state index contributed by atoms with van der Waals surface area (Å²) >= 11 is 0. The molecule has 0 spiro atoms. The Morgan fingerprint density at radius 2 is 1.83 bits per heavy atom. The Bertz CT molecular complexity index is 496. The van der Waals surface area contributed by atoms with E-state index < -0.39 is 11.8 Å². The second-order valence-electron chi connectivity index (χ2n) is 6.09. The van der Waals surface area contributed by atoms with E-state index in [-0.39, 0.29) is 6.09 Å². The van der Waals surface area contributed by atoms with E-state index in [2.05, 4.69) is 11.4 Å². The Morgan fingerprint density at radius 1 is 1.12 bits per heavy atom. The van der Waals surface area contributed by atoms with Crippen molar-refractivity contribution in [3.63, 3.8) is 0 Å². The largest absolute Gasteiger partial charge is 0.450 e. The molecule has 1 heterocycles. The number of rotatable bonds is 4. The molecule has 0 radical (unpaired) electrons. The van der Waals surface area contributed by atoms with E-state index in [4.69, 9.17) is 4.74 Å². The molecule has 0 bridgehead atoms. The minimum atomic E-state index is -0.559. The van der Waals surface area contributed by atoms with E-state index >= 15 is 0 Å². The third kappa shape index (κ3) is 5.25. The van der Waals surface area contributed by atoms with Crippen LogP contribution in [-0.2, 0) is 14.3 Å². The number of ether oxygens (including phenoxy) is 1. The van der Waals surface area contributed by atoms with Crippen molar-refractivity contribution in [1.29, 1.82) is 0 Å². The van der Waals surface area contributed by atoms with Crippen LogP contribution < -0.4 is 5.32 Å². The van der Waals surface area contributed by atoms with Gasteiger partial charge in [0, 0.05) is 32.7 Å². The molecular formula is C17H27N3O4. The summed E-state index contributed by atoms with van der Waals surface area (Å²) in [4.78, 5) is 38.8. The maximum Gasteiger partial charge on any atom is 0.409 e. The molecule has 134 valence electrons. The lowest BCUT2D eigenvalue weighted by Crippen LogP contribution is -2.54. The minimum Gasteiger partial charge on any atom is -0.450 e. The first-order valence-electron chi connectivity index (χ1n) is 8.78. The molecule has 2 rings (SSSR count). The Balaban J connectivity index is 1.69. The average Bonchev–Trinajstić information content (AvgIpc) is 2.62. The van der Waals surface area contributed by atoms with Crippen molar-refractivity contribution in [2.75, 3.05) is 39.3 Å². The highest BCUT2D eigenvalue weighted by Crippen LogP contribution is 2.19. The summed E-state index contributed by atoms with van der Waals surface area (Å²) in [6, 6.07) is 0. The summed E-state index contributed by atoms with van der Waals surface area (Å²) in [6.45, 7) is 4.09. The molecule has 2 aliphatic rings. The highest BCUT2D eigenvalue weighted by atomic mass is 16.6. The van der Waals surface area contributed by atoms with Crippen molar-refractivity contribution in [3.8, 4) is 0 Å². The molecule has 3 amide bonds. The van der Waals surface area contributed by atoms with Gasteiger partial charge in [0.05, 0.1) is 6.61 Å². The molecule has 0 aromatic heterocycles. The fraction of sp³-hybridized carbons (Fsp3) is 0.706. The van der Waals surface area contributed by atoms with E-state index in [1.54, 1.807) is 11.8 Å². The number of nitrogens with one attached hydrogen (secondary N) is 1. The van der Waals surface area contributed by atoms with E-state index in [0.29, 0.717) is 39.3 Å². The molecule has 0 aromatic carbocycles. The van der Waals surface area contributed by atoms with Gasteiger partial charge in [0.2, 0.25) is 0 Å². The maximum atomic E-state index is 12.1. The average molecular weight is 337 g/mol. The molecule has 7 heteroatoms. The topological polar surface area (TPSA) is 79.0 Å². The SMILES string of the molecule is CCOC(=O)N1CCN(C(=O)C(=O)NCCC2=CCCCC2)CC1. The quantitative estimate of drug-likeness (QED) is 0.619. The Hall–Kier alpha value is -2.05. The maximum absolute atomic E-state index is 12.1. The smallest absolute Gasteiger partial charge is 0.409 e. The van der Waals surface area contributed by atoms with E-state index in [9.17, 15) is 14.4 Å². The molecule has 1 N–H and O–H groups in total. The molecule has 0 atom stereocenters. The summed E-state index contributed by atoms with van der Waals surface area (Å²) in [5, 5.41) is 2.71. The van der Waals surface area contributed by atoms with E-state index in [1.165, 1.54) is 23.3 Å². The molecule has 1 fully saturated rings. The standard InChI is InChI=1S/C17H27N3O4/c1-2-24-17(23)20-12-10-19(11-13-20)16(22)15(21)18-9-8-14-6-4-3-5-7-14/h6H,2-5,7-13H2,1H3,(H,18,21). The van der Waals surface area contributed by atoms with Gasteiger partial charge in [-0.2, -0.15) is 0 Å². The summed E-state index contributed by atoms with van der Waals surface area (Å²) in [6.07, 6.45) is 7.36. The van der Waals surface area contributed by atoms with Crippen molar-refractivity contribution < 1.29 is 19.1 Å². The first-order valence-corrected chi connectivity index (χ1v) is 8.78. The van der Waals surface area contributed by atoms with Gasteiger partial charge in [-0.25, -0.2) is 4.79 Å².